The van der Waals surface area contributed by atoms with Crippen LogP contribution in [0.25, 0.3) is 11.2 Å². The van der Waals surface area contributed by atoms with Gasteiger partial charge in [0.25, 0.3) is 5.56 Å². The minimum atomic E-state index is -0.371. The van der Waals surface area contributed by atoms with Gasteiger partial charge in [0.1, 0.15) is 0 Å². The van der Waals surface area contributed by atoms with Crippen molar-refractivity contribution in [3.63, 3.8) is 0 Å². The van der Waals surface area contributed by atoms with Gasteiger partial charge < -0.3 is 10.2 Å². The second-order valence-corrected chi connectivity index (χ2v) is 7.05. The number of aromatic nitrogens is 4. The molecule has 4 rings (SSSR count). The van der Waals surface area contributed by atoms with Crippen LogP contribution in [0.4, 0.5) is 5.95 Å². The molecule has 0 unspecified atom stereocenters. The lowest BCUT2D eigenvalue weighted by Gasteiger charge is -2.28. The van der Waals surface area contributed by atoms with Crippen LogP contribution >= 0.6 is 0 Å². The zero-order valence-electron chi connectivity index (χ0n) is 16.7. The zero-order chi connectivity index (χ0) is 20.4. The van der Waals surface area contributed by atoms with Crippen LogP contribution in [-0.4, -0.2) is 44.9 Å². The molecule has 3 aromatic rings. The van der Waals surface area contributed by atoms with Gasteiger partial charge in [-0.15, -0.1) is 5.92 Å². The topological polar surface area (TPSA) is 77.1 Å². The maximum atomic E-state index is 13.4. The van der Waals surface area contributed by atoms with Crippen LogP contribution in [0, 0.1) is 11.8 Å². The Morgan fingerprint density at radius 3 is 2.52 bits per heavy atom. The molecule has 0 spiro atoms. The largest absolute Gasteiger partial charge is 0.340 e. The third-order valence-corrected chi connectivity index (χ3v) is 5.21. The van der Waals surface area contributed by atoms with E-state index in [-0.39, 0.29) is 17.8 Å². The van der Waals surface area contributed by atoms with Gasteiger partial charge in [-0.2, -0.15) is 4.98 Å². The number of benzene rings is 1. The molecule has 0 bridgehead atoms. The average Bonchev–Trinajstić information content (AvgIpc) is 3.15. The van der Waals surface area contributed by atoms with E-state index in [9.17, 15) is 9.59 Å². The fraction of sp³-hybridized carbons (Fsp3) is 0.381. The molecule has 1 aliphatic heterocycles. The Labute approximate surface area is 168 Å². The molecular formula is C21H24N6O2. The van der Waals surface area contributed by atoms with Crippen molar-refractivity contribution in [1.29, 1.82) is 0 Å². The second-order valence-electron chi connectivity index (χ2n) is 7.05. The number of piperazine rings is 1. The van der Waals surface area contributed by atoms with E-state index in [1.807, 2.05) is 34.9 Å². The highest BCUT2D eigenvalue weighted by Gasteiger charge is 2.24. The Bertz CT molecular complexity index is 1200. The highest BCUT2D eigenvalue weighted by Crippen LogP contribution is 2.20. The molecule has 150 valence electrons. The maximum Gasteiger partial charge on any atom is 0.332 e. The summed E-state index contributed by atoms with van der Waals surface area (Å²) in [6.07, 6.45) is 0. The van der Waals surface area contributed by atoms with Gasteiger partial charge in [0, 0.05) is 33.2 Å². The van der Waals surface area contributed by atoms with Crippen LogP contribution in [0.5, 0.6) is 0 Å². The van der Waals surface area contributed by atoms with E-state index in [1.165, 1.54) is 9.13 Å². The number of nitrogens with zero attached hydrogens (tertiary/aromatic N) is 5. The Kier molecular flexibility index (Phi) is 5.23. The lowest BCUT2D eigenvalue weighted by atomic mass is 10.2. The van der Waals surface area contributed by atoms with Crippen molar-refractivity contribution in [2.45, 2.75) is 20.0 Å². The minimum Gasteiger partial charge on any atom is -0.340 e. The standard InChI is InChI=1S/C21H24N6O2/c1-3-4-12-26-17-18(23-20(26)25-13-10-22-11-14-25)24(2)21(29)27(19(17)28)15-16-8-6-5-7-9-16/h5-9,22H,10-15H2,1-2H3. The molecule has 0 atom stereocenters. The summed E-state index contributed by atoms with van der Waals surface area (Å²) in [4.78, 5) is 33.2. The second kappa shape index (κ2) is 7.97. The molecule has 1 saturated heterocycles. The number of hydrogen-bond acceptors (Lipinski definition) is 5. The number of rotatable bonds is 4. The number of nitrogens with one attached hydrogen (secondary N) is 1. The monoisotopic (exact) mass is 392 g/mol. The molecule has 1 N–H and O–H groups in total. The smallest absolute Gasteiger partial charge is 0.332 e. The summed E-state index contributed by atoms with van der Waals surface area (Å²) in [7, 11) is 1.66. The van der Waals surface area contributed by atoms with Gasteiger partial charge in [-0.25, -0.2) is 4.79 Å². The predicted molar refractivity (Wildman–Crippen MR) is 113 cm³/mol. The fourth-order valence-electron chi connectivity index (χ4n) is 3.68. The van der Waals surface area contributed by atoms with Gasteiger partial charge in [0.15, 0.2) is 11.2 Å². The Morgan fingerprint density at radius 1 is 1.10 bits per heavy atom. The van der Waals surface area contributed by atoms with Crippen LogP contribution in [0.15, 0.2) is 39.9 Å². The number of anilines is 1. The van der Waals surface area contributed by atoms with E-state index in [0.29, 0.717) is 23.7 Å². The number of hydrogen-bond donors (Lipinski definition) is 1. The van der Waals surface area contributed by atoms with Gasteiger partial charge in [0.2, 0.25) is 5.95 Å². The fourth-order valence-corrected chi connectivity index (χ4v) is 3.68. The first kappa shape index (κ1) is 19.0. The summed E-state index contributed by atoms with van der Waals surface area (Å²) in [5.74, 6) is 6.63. The van der Waals surface area contributed by atoms with Crippen LogP contribution < -0.4 is 21.5 Å². The van der Waals surface area contributed by atoms with Gasteiger partial charge >= 0.3 is 5.69 Å². The van der Waals surface area contributed by atoms with Crippen molar-refractivity contribution in [1.82, 2.24) is 24.0 Å². The van der Waals surface area contributed by atoms with Crippen molar-refractivity contribution in [3.05, 3.63) is 56.7 Å². The van der Waals surface area contributed by atoms with E-state index in [0.717, 1.165) is 31.7 Å². The van der Waals surface area contributed by atoms with Gasteiger partial charge in [0.05, 0.1) is 13.1 Å². The number of imidazole rings is 1. The molecule has 1 fully saturated rings. The lowest BCUT2D eigenvalue weighted by Crippen LogP contribution is -2.44. The van der Waals surface area contributed by atoms with Crippen LogP contribution in [0.2, 0.25) is 0 Å². The molecule has 2 aromatic heterocycles. The summed E-state index contributed by atoms with van der Waals surface area (Å²) in [5.41, 5.74) is 1.01. The van der Waals surface area contributed by atoms with Crippen molar-refractivity contribution in [3.8, 4) is 11.8 Å². The van der Waals surface area contributed by atoms with Crippen molar-refractivity contribution < 1.29 is 0 Å². The number of aryl methyl sites for hydroxylation is 1. The molecule has 8 heteroatoms. The van der Waals surface area contributed by atoms with Crippen LogP contribution in [-0.2, 0) is 20.1 Å². The SMILES string of the molecule is CC#CCn1c(N2CCNCC2)nc2c1c(=O)n(Cc1ccccc1)c(=O)n2C. The molecule has 0 amide bonds. The highest BCUT2D eigenvalue weighted by atomic mass is 16.2. The Hall–Kier alpha value is -3.31. The number of fused-ring (bicyclic) bond motifs is 1. The van der Waals surface area contributed by atoms with E-state index in [4.69, 9.17) is 4.98 Å². The molecule has 0 aliphatic carbocycles. The van der Waals surface area contributed by atoms with Gasteiger partial charge in [-0.1, -0.05) is 36.3 Å². The molecule has 8 nitrogen and oxygen atoms in total. The van der Waals surface area contributed by atoms with Crippen LogP contribution in [0.3, 0.4) is 0 Å². The first-order valence-corrected chi connectivity index (χ1v) is 9.71. The lowest BCUT2D eigenvalue weighted by molar-refractivity contribution is 0.572. The maximum absolute atomic E-state index is 13.4. The average molecular weight is 392 g/mol. The molecule has 1 aromatic carbocycles. The van der Waals surface area contributed by atoms with Crippen molar-refractivity contribution in [2.24, 2.45) is 7.05 Å². The summed E-state index contributed by atoms with van der Waals surface area (Å²) in [6.45, 7) is 5.61. The van der Waals surface area contributed by atoms with Gasteiger partial charge in [-0.05, 0) is 12.5 Å². The Balaban J connectivity index is 1.94. The van der Waals surface area contributed by atoms with E-state index >= 15 is 0 Å². The van der Waals surface area contributed by atoms with Crippen LogP contribution in [0.1, 0.15) is 12.5 Å². The summed E-state index contributed by atoms with van der Waals surface area (Å²) < 4.78 is 4.58. The molecule has 3 heterocycles. The summed E-state index contributed by atoms with van der Waals surface area (Å²) in [5, 5.41) is 3.32. The predicted octanol–water partition coefficient (Wildman–Crippen LogP) is 0.378. The zero-order valence-corrected chi connectivity index (χ0v) is 16.7. The molecule has 0 radical (unpaired) electrons. The van der Waals surface area contributed by atoms with Crippen molar-refractivity contribution >= 4 is 17.1 Å². The molecular weight excluding hydrogens is 368 g/mol. The first-order chi connectivity index (χ1) is 14.1. The van der Waals surface area contributed by atoms with E-state index < -0.39 is 0 Å². The minimum absolute atomic E-state index is 0.218. The highest BCUT2D eigenvalue weighted by molar-refractivity contribution is 5.75. The quantitative estimate of drug-likeness (QED) is 0.650. The normalized spacial score (nSPS) is 14.1. The third kappa shape index (κ3) is 3.45. The van der Waals surface area contributed by atoms with Crippen molar-refractivity contribution in [2.75, 3.05) is 31.1 Å². The summed E-state index contributed by atoms with van der Waals surface area (Å²) >= 11 is 0. The molecule has 29 heavy (non-hydrogen) atoms. The summed E-state index contributed by atoms with van der Waals surface area (Å²) in [6, 6.07) is 9.51. The first-order valence-electron chi connectivity index (χ1n) is 9.71. The molecule has 1 aliphatic rings. The Morgan fingerprint density at radius 2 is 1.83 bits per heavy atom. The third-order valence-electron chi connectivity index (χ3n) is 5.21. The molecule has 0 saturated carbocycles. The van der Waals surface area contributed by atoms with E-state index in [1.54, 1.807) is 14.0 Å². The van der Waals surface area contributed by atoms with E-state index in [2.05, 4.69) is 22.1 Å². The van der Waals surface area contributed by atoms with Gasteiger partial charge in [-0.3, -0.25) is 18.5 Å².